The van der Waals surface area contributed by atoms with Crippen molar-refractivity contribution in [3.05, 3.63) is 0 Å². The Morgan fingerprint density at radius 1 is 0.656 bits per heavy atom. The monoisotopic (exact) mass is 455 g/mol. The van der Waals surface area contributed by atoms with Gasteiger partial charge in [0.15, 0.2) is 0 Å². The Balaban J connectivity index is 4.03. The molecule has 0 radical (unpaired) electrons. The number of ether oxygens (including phenoxy) is 2. The highest BCUT2D eigenvalue weighted by molar-refractivity contribution is 5.84. The van der Waals surface area contributed by atoms with Crippen LogP contribution in [0.5, 0.6) is 0 Å². The summed E-state index contributed by atoms with van der Waals surface area (Å²) in [6.07, 6.45) is 15.9. The van der Waals surface area contributed by atoms with Gasteiger partial charge in [0.05, 0.1) is 26.4 Å². The molecular formula is C28H57NO3. The number of rotatable bonds is 24. The van der Waals surface area contributed by atoms with Crippen LogP contribution in [0.1, 0.15) is 131 Å². The molecule has 0 fully saturated rings. The fourth-order valence-corrected chi connectivity index (χ4v) is 4.39. The predicted molar refractivity (Wildman–Crippen MR) is 138 cm³/mol. The molecule has 0 aromatic heterocycles. The van der Waals surface area contributed by atoms with E-state index in [0.717, 1.165) is 38.6 Å². The number of nitrogens with one attached hydrogen (secondary N) is 1. The van der Waals surface area contributed by atoms with Gasteiger partial charge in [0.2, 0.25) is 0 Å². The lowest BCUT2D eigenvalue weighted by Crippen LogP contribution is -2.44. The smallest absolute Gasteiger partial charge is 0.141 e. The Labute approximate surface area is 201 Å². The molecule has 1 N–H and O–H groups in total. The summed E-state index contributed by atoms with van der Waals surface area (Å²) in [5, 5.41) is 3.73. The minimum absolute atomic E-state index is 0.168. The van der Waals surface area contributed by atoms with E-state index in [-0.39, 0.29) is 11.0 Å². The second-order valence-electron chi connectivity index (χ2n) is 10.2. The molecule has 0 amide bonds. The Morgan fingerprint density at radius 2 is 1.16 bits per heavy atom. The van der Waals surface area contributed by atoms with Gasteiger partial charge in [0.1, 0.15) is 5.78 Å². The van der Waals surface area contributed by atoms with Crippen LogP contribution in [0.2, 0.25) is 0 Å². The Hall–Kier alpha value is -0.450. The first-order valence-corrected chi connectivity index (χ1v) is 13.8. The lowest BCUT2D eigenvalue weighted by atomic mass is 9.75. The largest absolute Gasteiger partial charge is 0.379 e. The van der Waals surface area contributed by atoms with Crippen LogP contribution in [-0.4, -0.2) is 44.3 Å². The van der Waals surface area contributed by atoms with Gasteiger partial charge in [-0.1, -0.05) is 92.4 Å². The number of ketones is 1. The zero-order valence-corrected chi connectivity index (χ0v) is 22.7. The molecule has 0 aliphatic rings. The molecule has 0 aliphatic heterocycles. The average molecular weight is 456 g/mol. The Kier molecular flexibility index (Phi) is 19.7. The summed E-state index contributed by atoms with van der Waals surface area (Å²) in [5.41, 5.74) is 0.0622. The van der Waals surface area contributed by atoms with E-state index in [0.29, 0.717) is 38.6 Å². The predicted octanol–water partition coefficient (Wildman–Crippen LogP) is 7.48. The van der Waals surface area contributed by atoms with Gasteiger partial charge >= 0.3 is 0 Å². The maximum absolute atomic E-state index is 12.9. The molecule has 0 bridgehead atoms. The number of hydrogen-bond acceptors (Lipinski definition) is 4. The Bertz CT molecular complexity index is 432. The molecular weight excluding hydrogens is 398 g/mol. The molecule has 0 aliphatic carbocycles. The molecule has 0 spiro atoms. The summed E-state index contributed by atoms with van der Waals surface area (Å²) in [7, 11) is 0. The van der Waals surface area contributed by atoms with Gasteiger partial charge in [-0.3, -0.25) is 4.79 Å². The molecule has 192 valence electrons. The van der Waals surface area contributed by atoms with Crippen molar-refractivity contribution in [3.63, 3.8) is 0 Å². The van der Waals surface area contributed by atoms with E-state index in [4.69, 9.17) is 9.47 Å². The van der Waals surface area contributed by atoms with Crippen LogP contribution in [0.25, 0.3) is 0 Å². The lowest BCUT2D eigenvalue weighted by molar-refractivity contribution is -0.130. The molecule has 0 rings (SSSR count). The standard InChI is InChI=1S/C28H57NO3/c1-7-11-15-18-27(5,17-12-8-2)26(30)16-22-31-24-25-32-23-21-29-28(6,19-13-9-3)20-14-10-4/h29H,7-25H2,1-6H3. The third-order valence-corrected chi connectivity index (χ3v) is 6.90. The minimum atomic E-state index is -0.168. The highest BCUT2D eigenvalue weighted by Crippen LogP contribution is 2.33. The number of hydrogen-bond donors (Lipinski definition) is 1. The van der Waals surface area contributed by atoms with E-state index in [1.165, 1.54) is 51.4 Å². The van der Waals surface area contributed by atoms with Crippen LogP contribution < -0.4 is 5.32 Å². The first-order valence-electron chi connectivity index (χ1n) is 13.8. The van der Waals surface area contributed by atoms with E-state index in [9.17, 15) is 4.79 Å². The molecule has 0 heterocycles. The lowest BCUT2D eigenvalue weighted by Gasteiger charge is -2.31. The van der Waals surface area contributed by atoms with Crippen LogP contribution >= 0.6 is 0 Å². The second-order valence-corrected chi connectivity index (χ2v) is 10.2. The molecule has 32 heavy (non-hydrogen) atoms. The molecule has 1 atom stereocenters. The SMILES string of the molecule is CCCCCC(C)(CCCC)C(=O)CCOCCOCCNC(C)(CCCC)CCCC. The third kappa shape index (κ3) is 15.4. The number of carbonyl (C=O) groups is 1. The van der Waals surface area contributed by atoms with Crippen molar-refractivity contribution in [2.45, 2.75) is 137 Å². The van der Waals surface area contributed by atoms with Crippen LogP contribution in [0.4, 0.5) is 0 Å². The molecule has 4 heteroatoms. The maximum atomic E-state index is 12.9. The fraction of sp³-hybridized carbons (Fsp3) is 0.964. The fourth-order valence-electron chi connectivity index (χ4n) is 4.39. The summed E-state index contributed by atoms with van der Waals surface area (Å²) < 4.78 is 11.5. The quantitative estimate of drug-likeness (QED) is 0.153. The second kappa shape index (κ2) is 20.0. The molecule has 4 nitrogen and oxygen atoms in total. The van der Waals surface area contributed by atoms with Gasteiger partial charge in [-0.25, -0.2) is 0 Å². The van der Waals surface area contributed by atoms with E-state index < -0.39 is 0 Å². The zero-order chi connectivity index (χ0) is 24.1. The first-order chi connectivity index (χ1) is 15.4. The van der Waals surface area contributed by atoms with Gasteiger partial charge in [0.25, 0.3) is 0 Å². The van der Waals surface area contributed by atoms with Crippen molar-refractivity contribution in [2.24, 2.45) is 5.41 Å². The van der Waals surface area contributed by atoms with Crippen molar-refractivity contribution >= 4 is 5.78 Å². The van der Waals surface area contributed by atoms with Gasteiger partial charge < -0.3 is 14.8 Å². The van der Waals surface area contributed by atoms with Gasteiger partial charge in [0, 0.05) is 23.9 Å². The summed E-state index contributed by atoms with van der Waals surface area (Å²) in [6, 6.07) is 0. The molecule has 1 unspecified atom stereocenters. The molecule has 0 aromatic carbocycles. The summed E-state index contributed by atoms with van der Waals surface area (Å²) in [6.45, 7) is 16.7. The number of carbonyl (C=O) groups excluding carboxylic acids is 1. The molecule has 0 aromatic rings. The summed E-state index contributed by atoms with van der Waals surface area (Å²) in [4.78, 5) is 12.9. The highest BCUT2D eigenvalue weighted by atomic mass is 16.5. The van der Waals surface area contributed by atoms with E-state index in [1.807, 2.05) is 0 Å². The van der Waals surface area contributed by atoms with Crippen LogP contribution in [0.3, 0.4) is 0 Å². The van der Waals surface area contributed by atoms with Gasteiger partial charge in [-0.15, -0.1) is 0 Å². The van der Waals surface area contributed by atoms with Crippen molar-refractivity contribution in [1.29, 1.82) is 0 Å². The topological polar surface area (TPSA) is 47.6 Å². The first kappa shape index (κ1) is 31.6. The average Bonchev–Trinajstić information content (AvgIpc) is 2.79. The summed E-state index contributed by atoms with van der Waals surface area (Å²) >= 11 is 0. The van der Waals surface area contributed by atoms with Gasteiger partial charge in [-0.05, 0) is 32.6 Å². The van der Waals surface area contributed by atoms with Crippen molar-refractivity contribution in [1.82, 2.24) is 5.32 Å². The normalized spacial score (nSPS) is 13.9. The number of unbranched alkanes of at least 4 members (excludes halogenated alkanes) is 5. The number of Topliss-reactive ketones (excluding diaryl/α,β-unsaturated/α-hetero) is 1. The van der Waals surface area contributed by atoms with Crippen molar-refractivity contribution < 1.29 is 14.3 Å². The maximum Gasteiger partial charge on any atom is 0.141 e. The van der Waals surface area contributed by atoms with Crippen molar-refractivity contribution in [3.8, 4) is 0 Å². The minimum Gasteiger partial charge on any atom is -0.379 e. The molecule has 0 saturated heterocycles. The summed E-state index contributed by atoms with van der Waals surface area (Å²) in [5.74, 6) is 0.380. The van der Waals surface area contributed by atoms with Crippen LogP contribution in [0.15, 0.2) is 0 Å². The van der Waals surface area contributed by atoms with Crippen molar-refractivity contribution in [2.75, 3.05) is 33.0 Å². The highest BCUT2D eigenvalue weighted by Gasteiger charge is 2.31. The van der Waals surface area contributed by atoms with E-state index in [2.05, 4.69) is 46.9 Å². The van der Waals surface area contributed by atoms with E-state index >= 15 is 0 Å². The molecule has 0 saturated carbocycles. The van der Waals surface area contributed by atoms with Gasteiger partial charge in [-0.2, -0.15) is 0 Å². The Morgan fingerprint density at radius 3 is 1.72 bits per heavy atom. The van der Waals surface area contributed by atoms with E-state index in [1.54, 1.807) is 0 Å². The zero-order valence-electron chi connectivity index (χ0n) is 22.7. The van der Waals surface area contributed by atoms with Crippen LogP contribution in [-0.2, 0) is 14.3 Å². The third-order valence-electron chi connectivity index (χ3n) is 6.90. The van der Waals surface area contributed by atoms with Crippen LogP contribution in [0, 0.1) is 5.41 Å².